The van der Waals surface area contributed by atoms with E-state index in [0.717, 1.165) is 0 Å². The quantitative estimate of drug-likeness (QED) is 0.680. The molecule has 0 saturated carbocycles. The van der Waals surface area contributed by atoms with Crippen LogP contribution in [0.3, 0.4) is 0 Å². The number of fused-ring (bicyclic) bond motifs is 1. The van der Waals surface area contributed by atoms with Crippen LogP contribution >= 0.6 is 12.4 Å². The summed E-state index contributed by atoms with van der Waals surface area (Å²) in [4.78, 5) is 18.2. The number of hydrogen-bond donors (Lipinski definition) is 1. The van der Waals surface area contributed by atoms with Crippen molar-refractivity contribution in [3.05, 3.63) is 24.4 Å². The molecule has 0 radical (unpaired) electrons. The maximum Gasteiger partial charge on any atom is 0.286 e. The molecule has 0 aliphatic rings. The van der Waals surface area contributed by atoms with Crippen LogP contribution in [0.15, 0.2) is 18.6 Å². The minimum Gasteiger partial charge on any atom is -0.363 e. The fraction of sp³-hybridized carbons (Fsp3) is 0. The molecule has 0 bridgehead atoms. The van der Waals surface area contributed by atoms with Crippen molar-refractivity contribution in [2.75, 3.05) is 0 Å². The van der Waals surface area contributed by atoms with Crippen LogP contribution in [-0.2, 0) is 0 Å². The molecule has 0 aliphatic carbocycles. The maximum absolute atomic E-state index is 10.6. The van der Waals surface area contributed by atoms with Gasteiger partial charge in [0.1, 0.15) is 6.33 Å². The van der Waals surface area contributed by atoms with Gasteiger partial charge in [0.2, 0.25) is 5.82 Å². The van der Waals surface area contributed by atoms with E-state index in [0.29, 0.717) is 5.65 Å². The van der Waals surface area contributed by atoms with Crippen LogP contribution in [0.2, 0.25) is 0 Å². The number of aromatic nitrogens is 4. The molecule has 0 saturated heterocycles. The van der Waals surface area contributed by atoms with E-state index in [1.54, 1.807) is 12.3 Å². The Hall–Kier alpha value is -1.69. The smallest absolute Gasteiger partial charge is 0.286 e. The molecule has 1 amide bonds. The first-order valence-electron chi connectivity index (χ1n) is 3.23. The van der Waals surface area contributed by atoms with E-state index in [4.69, 9.17) is 5.73 Å². The highest BCUT2D eigenvalue weighted by Crippen LogP contribution is 1.96. The number of nitrogens with two attached hydrogens (primary N) is 1. The van der Waals surface area contributed by atoms with E-state index in [-0.39, 0.29) is 18.2 Å². The van der Waals surface area contributed by atoms with E-state index >= 15 is 0 Å². The van der Waals surface area contributed by atoms with Crippen LogP contribution in [0.4, 0.5) is 0 Å². The van der Waals surface area contributed by atoms with Crippen LogP contribution in [0.25, 0.3) is 5.65 Å². The number of carbonyl (C=O) groups is 1. The Bertz CT molecular complexity index is 439. The van der Waals surface area contributed by atoms with Gasteiger partial charge in [0.05, 0.1) is 6.20 Å². The van der Waals surface area contributed by atoms with Gasteiger partial charge in [-0.3, -0.25) is 4.79 Å². The fourth-order valence-electron chi connectivity index (χ4n) is 0.850. The molecule has 7 heteroatoms. The molecule has 2 N–H and O–H groups in total. The van der Waals surface area contributed by atoms with Crippen molar-refractivity contribution in [2.24, 2.45) is 5.73 Å². The molecule has 0 spiro atoms. The first-order chi connectivity index (χ1) is 5.77. The van der Waals surface area contributed by atoms with Gasteiger partial charge in [-0.05, 0) is 0 Å². The van der Waals surface area contributed by atoms with Crippen LogP contribution in [0, 0.1) is 0 Å². The average Bonchev–Trinajstić information content (AvgIpc) is 2.49. The SMILES string of the molecule is Cl.NC(=O)c1ncn2nccc2n1. The lowest BCUT2D eigenvalue weighted by atomic mass is 10.5. The average molecular weight is 200 g/mol. The van der Waals surface area contributed by atoms with Crippen molar-refractivity contribution in [1.82, 2.24) is 19.6 Å². The lowest BCUT2D eigenvalue weighted by Gasteiger charge is -1.93. The summed E-state index contributed by atoms with van der Waals surface area (Å²) in [5, 5.41) is 3.86. The number of primary amides is 1. The van der Waals surface area contributed by atoms with E-state index in [1.165, 1.54) is 10.8 Å². The number of hydrogen-bond acceptors (Lipinski definition) is 4. The second-order valence-electron chi connectivity index (χ2n) is 2.18. The van der Waals surface area contributed by atoms with Gasteiger partial charge in [0, 0.05) is 6.07 Å². The van der Waals surface area contributed by atoms with E-state index in [1.807, 2.05) is 0 Å². The lowest BCUT2D eigenvalue weighted by Crippen LogP contribution is -2.15. The highest BCUT2D eigenvalue weighted by molar-refractivity contribution is 5.89. The third-order valence-corrected chi connectivity index (χ3v) is 1.38. The number of carbonyl (C=O) groups excluding carboxylic acids is 1. The highest BCUT2D eigenvalue weighted by atomic mass is 35.5. The molecule has 2 aromatic heterocycles. The molecule has 6 nitrogen and oxygen atoms in total. The number of rotatable bonds is 1. The van der Waals surface area contributed by atoms with Crippen molar-refractivity contribution in [1.29, 1.82) is 0 Å². The van der Waals surface area contributed by atoms with Gasteiger partial charge in [0.15, 0.2) is 5.65 Å². The molecule has 2 aromatic rings. The molecule has 2 heterocycles. The van der Waals surface area contributed by atoms with Crippen LogP contribution in [0.1, 0.15) is 10.6 Å². The Kier molecular flexibility index (Phi) is 2.43. The fourth-order valence-corrected chi connectivity index (χ4v) is 0.850. The molecule has 0 fully saturated rings. The van der Waals surface area contributed by atoms with E-state index in [2.05, 4.69) is 15.1 Å². The van der Waals surface area contributed by atoms with Gasteiger partial charge in [-0.15, -0.1) is 12.4 Å². The largest absolute Gasteiger partial charge is 0.363 e. The minimum absolute atomic E-state index is 0. The number of nitrogens with zero attached hydrogens (tertiary/aromatic N) is 4. The van der Waals surface area contributed by atoms with Crippen LogP contribution < -0.4 is 5.73 Å². The number of halogens is 1. The van der Waals surface area contributed by atoms with E-state index < -0.39 is 5.91 Å². The van der Waals surface area contributed by atoms with Crippen LogP contribution in [-0.4, -0.2) is 25.5 Å². The monoisotopic (exact) mass is 199 g/mol. The summed E-state index contributed by atoms with van der Waals surface area (Å²) in [5.41, 5.74) is 5.53. The maximum atomic E-state index is 10.6. The Morgan fingerprint density at radius 3 is 3.00 bits per heavy atom. The van der Waals surface area contributed by atoms with Gasteiger partial charge in [-0.2, -0.15) is 5.10 Å². The topological polar surface area (TPSA) is 86.2 Å². The van der Waals surface area contributed by atoms with Crippen molar-refractivity contribution < 1.29 is 4.79 Å². The molecule has 0 atom stereocenters. The molecule has 0 aliphatic heterocycles. The normalized spacial score (nSPS) is 9.54. The Morgan fingerprint density at radius 2 is 2.31 bits per heavy atom. The van der Waals surface area contributed by atoms with Gasteiger partial charge in [-0.1, -0.05) is 0 Å². The minimum atomic E-state index is -0.640. The molecular formula is C6H6ClN5O. The third-order valence-electron chi connectivity index (χ3n) is 1.38. The zero-order valence-corrected chi connectivity index (χ0v) is 7.23. The van der Waals surface area contributed by atoms with Crippen molar-refractivity contribution in [2.45, 2.75) is 0 Å². The first-order valence-corrected chi connectivity index (χ1v) is 3.23. The van der Waals surface area contributed by atoms with Gasteiger partial charge >= 0.3 is 0 Å². The predicted octanol–water partition coefficient (Wildman–Crippen LogP) is -0.355. The lowest BCUT2D eigenvalue weighted by molar-refractivity contribution is 0.0990. The Labute approximate surface area is 79.2 Å². The Morgan fingerprint density at radius 1 is 1.54 bits per heavy atom. The summed E-state index contributed by atoms with van der Waals surface area (Å²) < 4.78 is 1.45. The van der Waals surface area contributed by atoms with Gasteiger partial charge in [0.25, 0.3) is 5.91 Å². The summed E-state index contributed by atoms with van der Waals surface area (Å²) in [7, 11) is 0. The number of amides is 1. The van der Waals surface area contributed by atoms with Gasteiger partial charge < -0.3 is 5.73 Å². The highest BCUT2D eigenvalue weighted by Gasteiger charge is 2.04. The summed E-state index contributed by atoms with van der Waals surface area (Å²) in [6.07, 6.45) is 2.96. The standard InChI is InChI=1S/C6H5N5O.ClH/c7-5(12)6-8-3-11-4(10-6)1-2-9-11;/h1-3H,(H2,7,12);1H. The molecule has 0 aromatic carbocycles. The summed E-state index contributed by atoms with van der Waals surface area (Å²) in [5.74, 6) is -0.637. The second kappa shape index (κ2) is 3.36. The van der Waals surface area contributed by atoms with Crippen molar-refractivity contribution in [3.8, 4) is 0 Å². The van der Waals surface area contributed by atoms with Crippen molar-refractivity contribution >= 4 is 24.0 Å². The van der Waals surface area contributed by atoms with E-state index in [9.17, 15) is 4.79 Å². The molecule has 13 heavy (non-hydrogen) atoms. The van der Waals surface area contributed by atoms with Crippen molar-refractivity contribution in [3.63, 3.8) is 0 Å². The van der Waals surface area contributed by atoms with Gasteiger partial charge in [-0.25, -0.2) is 14.5 Å². The second-order valence-corrected chi connectivity index (χ2v) is 2.18. The summed E-state index contributed by atoms with van der Waals surface area (Å²) >= 11 is 0. The Balaban J connectivity index is 0.000000845. The molecule has 68 valence electrons. The third kappa shape index (κ3) is 1.57. The zero-order chi connectivity index (χ0) is 8.55. The first kappa shape index (κ1) is 9.40. The molecule has 2 rings (SSSR count). The van der Waals surface area contributed by atoms with Crippen LogP contribution in [0.5, 0.6) is 0 Å². The molecule has 0 unspecified atom stereocenters. The zero-order valence-electron chi connectivity index (χ0n) is 6.41. The summed E-state index contributed by atoms with van der Waals surface area (Å²) in [6.45, 7) is 0. The predicted molar refractivity (Wildman–Crippen MR) is 46.5 cm³/mol. The molecular weight excluding hydrogens is 194 g/mol. The summed E-state index contributed by atoms with van der Waals surface area (Å²) in [6, 6.07) is 1.66.